The molecule has 3 N–H and O–H groups in total. The first kappa shape index (κ1) is 23.3. The van der Waals surface area contributed by atoms with Crippen molar-refractivity contribution in [2.75, 3.05) is 5.32 Å². The number of rotatable bonds is 5. The highest BCUT2D eigenvalue weighted by Gasteiger charge is 2.23. The van der Waals surface area contributed by atoms with E-state index in [9.17, 15) is 9.18 Å². The van der Waals surface area contributed by atoms with Gasteiger partial charge in [0.05, 0.1) is 23.1 Å². The zero-order valence-corrected chi connectivity index (χ0v) is 21.0. The number of benzene rings is 2. The summed E-state index contributed by atoms with van der Waals surface area (Å²) < 4.78 is 13.5. The smallest absolute Gasteiger partial charge is 0.227 e. The van der Waals surface area contributed by atoms with Crippen molar-refractivity contribution in [3.05, 3.63) is 85.1 Å². The molecule has 0 spiro atoms. The maximum absolute atomic E-state index is 13.5. The van der Waals surface area contributed by atoms with E-state index in [1.54, 1.807) is 30.7 Å². The lowest BCUT2D eigenvalue weighted by Gasteiger charge is -2.11. The number of nitrogens with zero attached hydrogens (tertiary/aromatic N) is 3. The van der Waals surface area contributed by atoms with Crippen molar-refractivity contribution in [3.8, 4) is 33.6 Å². The maximum atomic E-state index is 13.5. The molecule has 6 aromatic rings. The highest BCUT2D eigenvalue weighted by Crippen LogP contribution is 2.35. The molecule has 1 amide bonds. The van der Waals surface area contributed by atoms with Crippen LogP contribution in [-0.4, -0.2) is 31.1 Å². The summed E-state index contributed by atoms with van der Waals surface area (Å²) in [6.07, 6.45) is 9.36. The van der Waals surface area contributed by atoms with Gasteiger partial charge in [-0.2, -0.15) is 5.10 Å². The third-order valence-electron chi connectivity index (χ3n) is 7.57. The second-order valence-electron chi connectivity index (χ2n) is 10.1. The van der Waals surface area contributed by atoms with Crippen molar-refractivity contribution < 1.29 is 9.18 Å². The summed E-state index contributed by atoms with van der Waals surface area (Å²) in [5.74, 6) is -0.103. The number of pyridine rings is 2. The second kappa shape index (κ2) is 9.47. The molecule has 2 aromatic carbocycles. The van der Waals surface area contributed by atoms with Crippen LogP contribution in [0.15, 0.2) is 79.3 Å². The molecule has 4 heterocycles. The largest absolute Gasteiger partial charge is 0.338 e. The van der Waals surface area contributed by atoms with Crippen molar-refractivity contribution in [1.82, 2.24) is 25.1 Å². The van der Waals surface area contributed by atoms with E-state index in [1.807, 2.05) is 30.3 Å². The fraction of sp³-hybridized carbons (Fsp3) is 0.161. The minimum Gasteiger partial charge on any atom is -0.338 e. The van der Waals surface area contributed by atoms with E-state index in [-0.39, 0.29) is 17.6 Å². The van der Waals surface area contributed by atoms with Crippen LogP contribution in [0.2, 0.25) is 0 Å². The number of halogens is 1. The summed E-state index contributed by atoms with van der Waals surface area (Å²) in [7, 11) is 0. The summed E-state index contributed by atoms with van der Waals surface area (Å²) in [5.41, 5.74) is 7.68. The Kier molecular flexibility index (Phi) is 5.65. The number of aromatic nitrogens is 5. The third-order valence-corrected chi connectivity index (χ3v) is 7.57. The van der Waals surface area contributed by atoms with Crippen LogP contribution in [0.5, 0.6) is 0 Å². The standard InChI is InChI=1S/C31H25FN6O/c32-22-8-5-18(6-9-22)24-11-12-34-30-25(24)15-28(36-30)29-26-14-20(7-10-27(26)37-38-29)21-13-23(17-33-16-21)35-31(39)19-3-1-2-4-19/h5-17,19H,1-4H2,(H,34,36)(H,35,39)(H,37,38). The lowest BCUT2D eigenvalue weighted by atomic mass is 10.0. The van der Waals surface area contributed by atoms with E-state index in [0.717, 1.165) is 81.3 Å². The maximum Gasteiger partial charge on any atom is 0.227 e. The van der Waals surface area contributed by atoms with Gasteiger partial charge in [0.25, 0.3) is 0 Å². The first-order valence-electron chi connectivity index (χ1n) is 13.1. The average Bonchev–Trinajstić information content (AvgIpc) is 3.73. The van der Waals surface area contributed by atoms with Crippen LogP contribution in [0, 0.1) is 11.7 Å². The number of hydrogen-bond donors (Lipinski definition) is 3. The van der Waals surface area contributed by atoms with E-state index in [0.29, 0.717) is 5.69 Å². The quantitative estimate of drug-likeness (QED) is 0.227. The Hall–Kier alpha value is -4.85. The molecule has 1 aliphatic carbocycles. The minimum atomic E-state index is -0.269. The molecule has 0 unspecified atom stereocenters. The monoisotopic (exact) mass is 516 g/mol. The number of carbonyl (C=O) groups is 1. The van der Waals surface area contributed by atoms with Crippen LogP contribution >= 0.6 is 0 Å². The first-order valence-corrected chi connectivity index (χ1v) is 13.1. The highest BCUT2D eigenvalue weighted by molar-refractivity contribution is 6.01. The molecule has 8 heteroatoms. The number of nitrogens with one attached hydrogen (secondary N) is 3. The van der Waals surface area contributed by atoms with Gasteiger partial charge >= 0.3 is 0 Å². The Morgan fingerprint density at radius 3 is 2.56 bits per heavy atom. The van der Waals surface area contributed by atoms with E-state index in [4.69, 9.17) is 0 Å². The average molecular weight is 517 g/mol. The van der Waals surface area contributed by atoms with Crippen molar-refractivity contribution in [3.63, 3.8) is 0 Å². The van der Waals surface area contributed by atoms with E-state index < -0.39 is 0 Å². The Labute approximate surface area is 223 Å². The molecule has 0 aliphatic heterocycles. The lowest BCUT2D eigenvalue weighted by Crippen LogP contribution is -2.20. The Bertz CT molecular complexity index is 1830. The number of aromatic amines is 2. The number of amides is 1. The van der Waals surface area contributed by atoms with Gasteiger partial charge in [-0.3, -0.25) is 14.9 Å². The van der Waals surface area contributed by atoms with Gasteiger partial charge in [0.2, 0.25) is 5.91 Å². The van der Waals surface area contributed by atoms with Gasteiger partial charge in [0.1, 0.15) is 17.2 Å². The number of H-pyrrole nitrogens is 2. The van der Waals surface area contributed by atoms with Crippen LogP contribution in [0.1, 0.15) is 25.7 Å². The van der Waals surface area contributed by atoms with Crippen molar-refractivity contribution >= 4 is 33.5 Å². The normalized spacial score (nSPS) is 13.9. The van der Waals surface area contributed by atoms with E-state index in [2.05, 4.69) is 36.5 Å². The zero-order valence-electron chi connectivity index (χ0n) is 21.0. The zero-order chi connectivity index (χ0) is 26.3. The molecule has 4 aromatic heterocycles. The molecule has 0 bridgehead atoms. The fourth-order valence-electron chi connectivity index (χ4n) is 5.53. The number of carbonyl (C=O) groups excluding carboxylic acids is 1. The van der Waals surface area contributed by atoms with Gasteiger partial charge in [-0.1, -0.05) is 31.0 Å². The molecular weight excluding hydrogens is 491 g/mol. The number of anilines is 1. The second-order valence-corrected chi connectivity index (χ2v) is 10.1. The Morgan fingerprint density at radius 2 is 1.72 bits per heavy atom. The molecule has 0 radical (unpaired) electrons. The van der Waals surface area contributed by atoms with Gasteiger partial charge in [-0.25, -0.2) is 9.37 Å². The molecule has 0 atom stereocenters. The molecule has 1 aliphatic rings. The summed E-state index contributed by atoms with van der Waals surface area (Å²) in [6, 6.07) is 18.5. The molecule has 1 saturated carbocycles. The van der Waals surface area contributed by atoms with Crippen molar-refractivity contribution in [2.45, 2.75) is 25.7 Å². The summed E-state index contributed by atoms with van der Waals surface area (Å²) >= 11 is 0. The van der Waals surface area contributed by atoms with Gasteiger partial charge in [-0.05, 0) is 72.0 Å². The van der Waals surface area contributed by atoms with Gasteiger partial charge in [-0.15, -0.1) is 0 Å². The van der Waals surface area contributed by atoms with Crippen LogP contribution < -0.4 is 5.32 Å². The predicted molar refractivity (Wildman–Crippen MR) is 150 cm³/mol. The molecule has 192 valence electrons. The third kappa shape index (κ3) is 4.33. The molecular formula is C31H25FN6O. The molecule has 7 nitrogen and oxygen atoms in total. The van der Waals surface area contributed by atoms with E-state index >= 15 is 0 Å². The summed E-state index contributed by atoms with van der Waals surface area (Å²) in [4.78, 5) is 24.9. The van der Waals surface area contributed by atoms with Gasteiger partial charge in [0, 0.05) is 34.6 Å². The van der Waals surface area contributed by atoms with Crippen LogP contribution in [0.4, 0.5) is 10.1 Å². The Morgan fingerprint density at radius 1 is 0.897 bits per heavy atom. The van der Waals surface area contributed by atoms with Crippen LogP contribution in [-0.2, 0) is 4.79 Å². The first-order chi connectivity index (χ1) is 19.1. The van der Waals surface area contributed by atoms with Crippen molar-refractivity contribution in [1.29, 1.82) is 0 Å². The van der Waals surface area contributed by atoms with Crippen molar-refractivity contribution in [2.24, 2.45) is 5.92 Å². The minimum absolute atomic E-state index is 0.0754. The number of hydrogen-bond acceptors (Lipinski definition) is 4. The summed E-state index contributed by atoms with van der Waals surface area (Å²) in [5, 5.41) is 12.7. The lowest BCUT2D eigenvalue weighted by molar-refractivity contribution is -0.119. The van der Waals surface area contributed by atoms with Crippen LogP contribution in [0.25, 0.3) is 55.6 Å². The molecule has 7 rings (SSSR count). The number of fused-ring (bicyclic) bond motifs is 2. The fourth-order valence-corrected chi connectivity index (χ4v) is 5.53. The van der Waals surface area contributed by atoms with Gasteiger partial charge < -0.3 is 10.3 Å². The highest BCUT2D eigenvalue weighted by atomic mass is 19.1. The van der Waals surface area contributed by atoms with E-state index in [1.165, 1.54) is 12.1 Å². The Balaban J connectivity index is 1.24. The predicted octanol–water partition coefficient (Wildman–Crippen LogP) is 7.10. The molecule has 1 fully saturated rings. The van der Waals surface area contributed by atoms with Crippen LogP contribution in [0.3, 0.4) is 0 Å². The summed E-state index contributed by atoms with van der Waals surface area (Å²) in [6.45, 7) is 0. The SMILES string of the molecule is O=C(Nc1cncc(-c2ccc3[nH]nc(-c4cc5c(-c6ccc(F)cc6)ccnc5[nH]4)c3c2)c1)C1CCCC1. The van der Waals surface area contributed by atoms with Gasteiger partial charge in [0.15, 0.2) is 0 Å². The molecule has 39 heavy (non-hydrogen) atoms. The topological polar surface area (TPSA) is 99.3 Å². The molecule has 0 saturated heterocycles.